The van der Waals surface area contributed by atoms with E-state index in [1.807, 2.05) is 12.1 Å². The van der Waals surface area contributed by atoms with E-state index in [4.69, 9.17) is 53.4 Å². The zero-order valence-electron chi connectivity index (χ0n) is 56.5. The van der Waals surface area contributed by atoms with E-state index < -0.39 is 111 Å². The van der Waals surface area contributed by atoms with Gasteiger partial charge in [0.25, 0.3) is 11.8 Å². The number of pyridine rings is 2. The number of hydrogen-bond donors (Lipinski definition) is 6. The second kappa shape index (κ2) is 44.4. The fourth-order valence-corrected chi connectivity index (χ4v) is 10.4. The third-order valence-corrected chi connectivity index (χ3v) is 15.3. The Bertz CT molecular complexity index is 4600. The van der Waals surface area contributed by atoms with E-state index in [1.165, 1.54) is 25.8 Å². The number of aliphatic hydroxyl groups excluding tert-OH is 2. The molecule has 1 aliphatic heterocycles. The molecule has 1 fully saturated rings. The summed E-state index contributed by atoms with van der Waals surface area (Å²) in [5, 5.41) is 59.5. The van der Waals surface area contributed by atoms with Crippen molar-refractivity contribution in [1.29, 1.82) is 10.5 Å². The molecule has 3 heterocycles. The van der Waals surface area contributed by atoms with Crippen LogP contribution in [0.25, 0.3) is 44.1 Å². The number of nitrogens with one attached hydrogen (secondary N) is 2. The number of benzene rings is 7. The first-order valence-electron chi connectivity index (χ1n) is 29.2. The summed E-state index contributed by atoms with van der Waals surface area (Å²) in [5.41, 5.74) is 2.15. The van der Waals surface area contributed by atoms with Gasteiger partial charge in [-0.2, -0.15) is 10.5 Å². The Kier molecular flexibility index (Phi) is 40.4. The number of methoxy groups -OCH3 is 1. The van der Waals surface area contributed by atoms with E-state index in [2.05, 4.69) is 20.6 Å². The topological polar surface area (TPSA) is 346 Å². The Morgan fingerprint density at radius 2 is 0.952 bits per heavy atom. The van der Waals surface area contributed by atoms with Crippen LogP contribution in [0.3, 0.4) is 0 Å². The average molecular weight is 1480 g/mol. The molecule has 2 amide bonds. The molecule has 0 bridgehead atoms. The first-order chi connectivity index (χ1) is 46.7. The van der Waals surface area contributed by atoms with E-state index in [-0.39, 0.29) is 108 Å². The number of aromatic nitrogens is 2. The number of carbonyl (C=O) groups excluding carboxylic acids is 5. The molecule has 104 heavy (non-hydrogen) atoms. The number of amides is 2. The van der Waals surface area contributed by atoms with Gasteiger partial charge in [0.2, 0.25) is 0 Å². The fraction of sp³-hybridized carbons (Fsp3) is 0.219. The monoisotopic (exact) mass is 1480 g/mol. The Morgan fingerprint density at radius 3 is 1.27 bits per heavy atom. The summed E-state index contributed by atoms with van der Waals surface area (Å²) in [5.74, 6) is -14.9. The number of nitrogens with zero attached hydrogens (tertiary/aromatic N) is 4. The van der Waals surface area contributed by atoms with Gasteiger partial charge >= 0.3 is 66.3 Å². The van der Waals surface area contributed by atoms with Gasteiger partial charge in [-0.15, -0.1) is 0 Å². The Hall–Kier alpha value is -9.31. The average Bonchev–Trinajstić information content (AvgIpc) is 1.56. The van der Waals surface area contributed by atoms with E-state index in [9.17, 15) is 70.1 Å². The number of carboxylic acid groups (broad SMARTS) is 2. The molecular weight excluding hydrogens is 1410 g/mol. The van der Waals surface area contributed by atoms with Crippen molar-refractivity contribution in [3.8, 4) is 34.4 Å². The van der Waals surface area contributed by atoms with Gasteiger partial charge in [0, 0.05) is 108 Å². The van der Waals surface area contributed by atoms with E-state index in [1.54, 1.807) is 91.3 Å². The number of ketones is 2. The summed E-state index contributed by atoms with van der Waals surface area (Å²) in [6.45, 7) is 5.59. The fourth-order valence-electron chi connectivity index (χ4n) is 9.83. The van der Waals surface area contributed by atoms with Crippen LogP contribution in [0, 0.1) is 57.6 Å². The molecule has 10 rings (SSSR count). The summed E-state index contributed by atoms with van der Waals surface area (Å²) in [6.07, 6.45) is 4.25. The molecule has 0 aliphatic carbocycles. The number of rotatable bonds is 16. The third-order valence-electron chi connectivity index (χ3n) is 14.7. The van der Waals surface area contributed by atoms with E-state index in [0.29, 0.717) is 88.5 Å². The molecule has 1 aliphatic rings. The van der Waals surface area contributed by atoms with Gasteiger partial charge in [0.15, 0.2) is 11.6 Å². The first-order valence-corrected chi connectivity index (χ1v) is 29.9. The van der Waals surface area contributed by atoms with Crippen LogP contribution in [0.2, 0.25) is 10.0 Å². The van der Waals surface area contributed by atoms with Crippen molar-refractivity contribution in [3.63, 3.8) is 0 Å². The van der Waals surface area contributed by atoms with Crippen molar-refractivity contribution >= 4 is 94.7 Å². The third kappa shape index (κ3) is 24.1. The van der Waals surface area contributed by atoms with Gasteiger partial charge in [-0.1, -0.05) is 86.6 Å². The van der Waals surface area contributed by atoms with Gasteiger partial charge in [-0.3, -0.25) is 29.1 Å². The van der Waals surface area contributed by atoms with Crippen LogP contribution >= 0.6 is 23.2 Å². The first kappa shape index (κ1) is 94.7. The van der Waals surface area contributed by atoms with Gasteiger partial charge in [-0.25, -0.2) is 40.7 Å². The molecule has 7 aromatic carbocycles. The number of carbonyl (C=O) groups is 7. The van der Waals surface area contributed by atoms with Crippen LogP contribution in [0.4, 0.5) is 26.3 Å². The van der Waals surface area contributed by atoms with Crippen LogP contribution in [-0.2, 0) is 31.9 Å². The second-order valence-corrected chi connectivity index (χ2v) is 22.0. The van der Waals surface area contributed by atoms with Crippen LogP contribution in [0.15, 0.2) is 134 Å². The minimum Gasteiger partial charge on any atom is -1.00 e. The SMILES string of the molecule is C.C.C1CCOC1.CC(=O)c1cc(F)c(C(=O)O)c(F)c1.CC(O)c1cc(F)c(C(=O)N[C@@H](Cc2ccc(-c3ccc(C#N)cc3Cl)c3ncccc23)C(=O)O)c(F)c1.CO.COC(=O)[C@H](Cc1ccc(-c2ccc(C#N)cc2Cl)c2ncccc12)NC(=O)c1c(F)cc(C(C)=O)cc1F.[B].[H-].[Li+].[Na+].[OH-]. The molecule has 31 heteroatoms. The van der Waals surface area contributed by atoms with Crippen molar-refractivity contribution in [3.05, 3.63) is 234 Å². The second-order valence-electron chi connectivity index (χ2n) is 21.2. The predicted molar refractivity (Wildman–Crippen MR) is 371 cm³/mol. The molecule has 20 nitrogen and oxygen atoms in total. The number of hydrogen-bond acceptors (Lipinski definition) is 16. The van der Waals surface area contributed by atoms with Crippen molar-refractivity contribution in [1.82, 2.24) is 20.6 Å². The number of ether oxygens (including phenoxy) is 2. The molecule has 7 N–H and O–H groups in total. The number of fused-ring (bicyclic) bond motifs is 2. The minimum absolute atomic E-state index is 0. The van der Waals surface area contributed by atoms with Crippen molar-refractivity contribution in [2.45, 2.75) is 79.5 Å². The predicted octanol–water partition coefficient (Wildman–Crippen LogP) is 7.71. The molecule has 3 atom stereocenters. The van der Waals surface area contributed by atoms with Crippen molar-refractivity contribution in [2.24, 2.45) is 0 Å². The number of aliphatic carboxylic acids is 1. The molecule has 1 saturated heterocycles. The zero-order chi connectivity index (χ0) is 72.2. The molecule has 1 unspecified atom stereocenters. The van der Waals surface area contributed by atoms with Crippen molar-refractivity contribution in [2.75, 3.05) is 27.4 Å². The zero-order valence-corrected chi connectivity index (χ0v) is 59.0. The number of carboxylic acids is 2. The molecule has 9 aromatic rings. The molecule has 535 valence electrons. The number of esters is 1. The number of nitriles is 2. The summed E-state index contributed by atoms with van der Waals surface area (Å²) in [7, 11) is 2.12. The van der Waals surface area contributed by atoms with Crippen molar-refractivity contribution < 1.29 is 145 Å². The quantitative estimate of drug-likeness (QED) is 0.0233. The smallest absolute Gasteiger partial charge is 1.00 e. The van der Waals surface area contributed by atoms with Crippen LogP contribution in [0.5, 0.6) is 0 Å². The van der Waals surface area contributed by atoms with E-state index >= 15 is 0 Å². The Balaban J connectivity index is 0. The maximum atomic E-state index is 14.6. The molecule has 0 spiro atoms. The molecule has 0 saturated carbocycles. The van der Waals surface area contributed by atoms with Gasteiger partial charge in [-0.05, 0) is 123 Å². The standard InChI is InChI=1S/C29H20ClF2N3O4.C28H20ClF2N3O4.C9H6F2O3.C4H8O.CH4O.2CH4.B.Li.Na.H2O.H/c1-15(36)18-11-23(31)26(24(32)12-18)28(37)35-25(29(38)39-2)13-17-6-8-21(27-19(17)4-3-9-34-27)20-7-5-16(14-33)10-22(20)30;1-14(35)17-10-22(30)25(23(31)11-17)27(36)34-24(28(37)38)12-16-5-7-20(26-18(16)3-2-8-33-26)19-6-4-15(13-32)9-21(19)29;1-4(12)5-2-6(10)8(9(13)14)7(11)3-5;1-2-4-5-3-1;1-2;;;;;;;/h3-12,25H,13H2,1-2H3,(H,35,37);2-11,14,24,35H,12H2,1H3,(H,34,36)(H,37,38);2-3H,1H3,(H,13,14);1-4H2;2H,1H3;2*1H4;;;;1H2;/q;;;;;;;;2*+1;;-1/p-1/t25-;14?,24-;;;;;;;;;;/m00........../s1. The summed E-state index contributed by atoms with van der Waals surface area (Å²) >= 11 is 12.8. The van der Waals surface area contributed by atoms with Crippen LogP contribution in [-0.4, -0.2) is 125 Å². The normalized spacial score (nSPS) is 11.4. The largest absolute Gasteiger partial charge is 1.00 e. The molecular formula is C73H68BCl2F6LiN6NaO14. The van der Waals surface area contributed by atoms with Crippen LogP contribution in [0.1, 0.15) is 136 Å². The van der Waals surface area contributed by atoms with Gasteiger partial charge in [0.05, 0.1) is 47.5 Å². The summed E-state index contributed by atoms with van der Waals surface area (Å²) in [4.78, 5) is 91.7. The summed E-state index contributed by atoms with van der Waals surface area (Å²) < 4.78 is 93.8. The molecule has 2 aromatic heterocycles. The number of aliphatic hydroxyl groups is 2. The van der Waals surface area contributed by atoms with Crippen LogP contribution < -0.4 is 59.1 Å². The van der Waals surface area contributed by atoms with Gasteiger partial charge < -0.3 is 47.4 Å². The maximum absolute atomic E-state index is 14.6. The number of aromatic carboxylic acids is 1. The summed E-state index contributed by atoms with van der Waals surface area (Å²) in [6, 6.07) is 29.2. The van der Waals surface area contributed by atoms with Gasteiger partial charge in [0.1, 0.15) is 63.7 Å². The maximum Gasteiger partial charge on any atom is 1.00 e. The molecule has 3 radical (unpaired) electrons. The number of Topliss-reactive ketones (excluding diaryl/α,β-unsaturated/α-hetero) is 2. The number of halogens is 8. The Labute approximate surface area is 642 Å². The van der Waals surface area contributed by atoms with E-state index in [0.717, 1.165) is 65.5 Å². The Morgan fingerprint density at radius 1 is 0.596 bits per heavy atom. The minimum atomic E-state index is -1.70.